The predicted molar refractivity (Wildman–Crippen MR) is 100 cm³/mol. The van der Waals surface area contributed by atoms with E-state index in [0.29, 0.717) is 21.0 Å². The van der Waals surface area contributed by atoms with Crippen LogP contribution >= 0.6 is 46.6 Å². The molecule has 0 saturated carbocycles. The second-order valence-corrected chi connectivity index (χ2v) is 6.94. The summed E-state index contributed by atoms with van der Waals surface area (Å²) in [6.07, 6.45) is 3.18. The largest absolute Gasteiger partial charge is 0.212 e. The van der Waals surface area contributed by atoms with Gasteiger partial charge in [-0.25, -0.2) is 0 Å². The van der Waals surface area contributed by atoms with E-state index in [1.807, 2.05) is 24.3 Å². The third-order valence-electron chi connectivity index (χ3n) is 3.10. The lowest BCUT2D eigenvalue weighted by Crippen LogP contribution is -1.93. The maximum Gasteiger partial charge on any atom is 0.212 e. The number of hydrogen-bond acceptors (Lipinski definition) is 4. The molecule has 0 radical (unpaired) electrons. The summed E-state index contributed by atoms with van der Waals surface area (Å²) in [6, 6.07) is 12.9. The maximum atomic E-state index is 6.16. The molecule has 4 nitrogen and oxygen atoms in total. The van der Waals surface area contributed by atoms with Gasteiger partial charge in [0.1, 0.15) is 6.33 Å². The van der Waals surface area contributed by atoms with Gasteiger partial charge in [-0.3, -0.25) is 0 Å². The average Bonchev–Trinajstić information content (AvgIpc) is 3.01. The van der Waals surface area contributed by atoms with Gasteiger partial charge in [-0.2, -0.15) is 9.78 Å². The van der Waals surface area contributed by atoms with Crippen LogP contribution in [0.3, 0.4) is 0 Å². The van der Waals surface area contributed by atoms with Crippen LogP contribution < -0.4 is 0 Å². The molecule has 122 valence electrons. The van der Waals surface area contributed by atoms with Gasteiger partial charge >= 0.3 is 0 Å². The van der Waals surface area contributed by atoms with Crippen LogP contribution in [0.4, 0.5) is 0 Å². The molecule has 0 aliphatic heterocycles. The summed E-state index contributed by atoms with van der Waals surface area (Å²) in [6.45, 7) is 0. The van der Waals surface area contributed by atoms with Gasteiger partial charge in [-0.15, -0.1) is 10.2 Å². The number of hydrogen-bond donors (Lipinski definition) is 0. The third-order valence-corrected chi connectivity index (χ3v) is 5.01. The topological polar surface area (TPSA) is 43.1 Å². The van der Waals surface area contributed by atoms with E-state index in [0.717, 1.165) is 16.1 Å². The molecule has 2 aromatic carbocycles. The van der Waals surface area contributed by atoms with Gasteiger partial charge in [0.05, 0.1) is 11.2 Å². The Bertz CT molecular complexity index is 879. The Morgan fingerprint density at radius 1 is 1.08 bits per heavy atom. The minimum atomic E-state index is 0.532. The molecule has 3 rings (SSSR count). The van der Waals surface area contributed by atoms with Crippen molar-refractivity contribution in [3.05, 3.63) is 75.0 Å². The van der Waals surface area contributed by atoms with Crippen molar-refractivity contribution in [1.82, 2.24) is 14.9 Å². The van der Waals surface area contributed by atoms with E-state index in [1.54, 1.807) is 29.1 Å². The summed E-state index contributed by atoms with van der Waals surface area (Å²) >= 11 is 19.7. The molecular weight excluding hydrogens is 387 g/mol. The van der Waals surface area contributed by atoms with E-state index in [9.17, 15) is 0 Å². The molecule has 1 heterocycles. The Labute approximate surface area is 158 Å². The number of rotatable bonds is 5. The van der Waals surface area contributed by atoms with E-state index in [-0.39, 0.29) is 0 Å². The molecule has 0 amide bonds. The number of thioether (sulfide) groups is 1. The smallest absolute Gasteiger partial charge is 0.195 e. The fraction of sp³-hybridized carbons (Fsp3) is 0.0625. The summed E-state index contributed by atoms with van der Waals surface area (Å²) < 4.78 is 1.59. The first-order chi connectivity index (χ1) is 11.6. The molecular formula is C16H11Cl3N4S. The third kappa shape index (κ3) is 4.30. The lowest BCUT2D eigenvalue weighted by atomic mass is 10.2. The second-order valence-electron chi connectivity index (χ2n) is 4.75. The van der Waals surface area contributed by atoms with Gasteiger partial charge in [0.15, 0.2) is 0 Å². The van der Waals surface area contributed by atoms with Gasteiger partial charge < -0.3 is 0 Å². The number of benzene rings is 2. The number of nitrogens with zero attached hydrogens (tertiary/aromatic N) is 4. The van der Waals surface area contributed by atoms with Crippen LogP contribution in [0.1, 0.15) is 11.1 Å². The summed E-state index contributed by atoms with van der Waals surface area (Å²) in [5.41, 5.74) is 1.79. The molecule has 0 spiro atoms. The van der Waals surface area contributed by atoms with E-state index in [4.69, 9.17) is 34.8 Å². The van der Waals surface area contributed by atoms with Crippen molar-refractivity contribution in [1.29, 1.82) is 0 Å². The van der Waals surface area contributed by atoms with Crippen molar-refractivity contribution in [3.8, 4) is 0 Å². The monoisotopic (exact) mass is 396 g/mol. The van der Waals surface area contributed by atoms with Gasteiger partial charge in [0.25, 0.3) is 0 Å². The van der Waals surface area contributed by atoms with Gasteiger partial charge in [0.2, 0.25) is 5.16 Å². The Morgan fingerprint density at radius 3 is 2.71 bits per heavy atom. The zero-order valence-corrected chi connectivity index (χ0v) is 15.3. The molecule has 0 N–H and O–H groups in total. The molecule has 0 atom stereocenters. The predicted octanol–water partition coefficient (Wildman–Crippen LogP) is 5.41. The highest BCUT2D eigenvalue weighted by molar-refractivity contribution is 7.98. The molecule has 0 aliphatic carbocycles. The minimum Gasteiger partial charge on any atom is -0.195 e. The van der Waals surface area contributed by atoms with Gasteiger partial charge in [-0.1, -0.05) is 70.8 Å². The zero-order chi connectivity index (χ0) is 16.9. The van der Waals surface area contributed by atoms with Crippen molar-refractivity contribution in [3.63, 3.8) is 0 Å². The summed E-state index contributed by atoms with van der Waals surface area (Å²) in [7, 11) is 0. The summed E-state index contributed by atoms with van der Waals surface area (Å²) in [5, 5.41) is 14.8. The molecule has 0 bridgehead atoms. The molecule has 0 unspecified atom stereocenters. The maximum absolute atomic E-state index is 6.16. The van der Waals surface area contributed by atoms with Crippen LogP contribution in [0, 0.1) is 0 Å². The first kappa shape index (κ1) is 17.3. The molecule has 24 heavy (non-hydrogen) atoms. The highest BCUT2D eigenvalue weighted by atomic mass is 35.5. The zero-order valence-electron chi connectivity index (χ0n) is 12.2. The van der Waals surface area contributed by atoms with Crippen LogP contribution in [0.15, 0.2) is 59.0 Å². The molecule has 3 aromatic rings. The quantitative estimate of drug-likeness (QED) is 0.427. The van der Waals surface area contributed by atoms with Crippen molar-refractivity contribution < 1.29 is 0 Å². The fourth-order valence-electron chi connectivity index (χ4n) is 1.88. The molecule has 0 fully saturated rings. The summed E-state index contributed by atoms with van der Waals surface area (Å²) in [5.74, 6) is 0.676. The number of halogens is 3. The summed E-state index contributed by atoms with van der Waals surface area (Å²) in [4.78, 5) is 0. The lowest BCUT2D eigenvalue weighted by Gasteiger charge is -2.03. The lowest BCUT2D eigenvalue weighted by molar-refractivity contribution is 0.767. The highest BCUT2D eigenvalue weighted by Crippen LogP contribution is 2.25. The Kier molecular flexibility index (Phi) is 5.79. The van der Waals surface area contributed by atoms with Crippen LogP contribution in [0.5, 0.6) is 0 Å². The molecule has 1 aromatic heterocycles. The highest BCUT2D eigenvalue weighted by Gasteiger charge is 2.07. The standard InChI is InChI=1S/C16H11Cl3N4S/c17-13-6-5-11(15(19)7-13)8-21-23-10-20-22-16(23)24-9-12-3-1-2-4-14(12)18/h1-8,10H,9H2/b21-8-. The first-order valence-electron chi connectivity index (χ1n) is 6.89. The second kappa shape index (κ2) is 8.03. The average molecular weight is 398 g/mol. The normalized spacial score (nSPS) is 11.3. The molecule has 8 heteroatoms. The van der Waals surface area contributed by atoms with Gasteiger partial charge in [-0.05, 0) is 23.8 Å². The number of aromatic nitrogens is 3. The van der Waals surface area contributed by atoms with E-state index in [1.165, 1.54) is 18.1 Å². The van der Waals surface area contributed by atoms with Crippen LogP contribution in [0.2, 0.25) is 15.1 Å². The minimum absolute atomic E-state index is 0.532. The van der Waals surface area contributed by atoms with Crippen molar-refractivity contribution in [2.45, 2.75) is 10.9 Å². The van der Waals surface area contributed by atoms with E-state index in [2.05, 4.69) is 15.3 Å². The van der Waals surface area contributed by atoms with Crippen molar-refractivity contribution in [2.75, 3.05) is 0 Å². The van der Waals surface area contributed by atoms with Crippen molar-refractivity contribution >= 4 is 52.8 Å². The van der Waals surface area contributed by atoms with E-state index >= 15 is 0 Å². The molecule has 0 saturated heterocycles. The fourth-order valence-corrected chi connectivity index (χ4v) is 3.49. The SMILES string of the molecule is Clc1ccc(/C=N\n2cnnc2SCc2ccccc2Cl)c(Cl)c1. The molecule has 0 aliphatic rings. The van der Waals surface area contributed by atoms with E-state index < -0.39 is 0 Å². The van der Waals surface area contributed by atoms with Gasteiger partial charge in [0, 0.05) is 21.4 Å². The first-order valence-corrected chi connectivity index (χ1v) is 9.01. The Hall–Kier alpha value is -1.53. The Balaban J connectivity index is 1.73. The van der Waals surface area contributed by atoms with Crippen LogP contribution in [-0.4, -0.2) is 21.1 Å². The van der Waals surface area contributed by atoms with Crippen LogP contribution in [0.25, 0.3) is 0 Å². The van der Waals surface area contributed by atoms with Crippen LogP contribution in [-0.2, 0) is 5.75 Å². The Morgan fingerprint density at radius 2 is 1.92 bits per heavy atom. The van der Waals surface area contributed by atoms with Crippen molar-refractivity contribution in [2.24, 2.45) is 5.10 Å².